The van der Waals surface area contributed by atoms with E-state index in [1.54, 1.807) is 0 Å². The van der Waals surface area contributed by atoms with Gasteiger partial charge in [0.25, 0.3) is 0 Å². The van der Waals surface area contributed by atoms with Crippen LogP contribution in [0.25, 0.3) is 0 Å². The van der Waals surface area contributed by atoms with Crippen molar-refractivity contribution in [3.8, 4) is 0 Å². The van der Waals surface area contributed by atoms with Gasteiger partial charge in [-0.1, -0.05) is 13.8 Å². The second kappa shape index (κ2) is 5.10. The van der Waals surface area contributed by atoms with Crippen LogP contribution in [0.5, 0.6) is 0 Å². The minimum absolute atomic E-state index is 0.607. The van der Waals surface area contributed by atoms with Gasteiger partial charge < -0.3 is 5.32 Å². The smallest absolute Gasteiger partial charge is 0.0346 e. The van der Waals surface area contributed by atoms with Crippen LogP contribution in [0, 0.1) is 5.41 Å². The molecule has 1 aliphatic carbocycles. The third-order valence-corrected chi connectivity index (χ3v) is 5.45. The van der Waals surface area contributed by atoms with Crippen molar-refractivity contribution in [3.63, 3.8) is 0 Å². The Labute approximate surface area is 112 Å². The molecule has 1 saturated carbocycles. The van der Waals surface area contributed by atoms with Gasteiger partial charge in [0.05, 0.1) is 0 Å². The summed E-state index contributed by atoms with van der Waals surface area (Å²) in [4.78, 5) is 5.47. The van der Waals surface area contributed by atoms with Gasteiger partial charge in [-0.05, 0) is 31.1 Å². The molecule has 0 bridgehead atoms. The Morgan fingerprint density at radius 1 is 0.833 bits per heavy atom. The summed E-state index contributed by atoms with van der Waals surface area (Å²) in [6, 6.07) is 1.73. The van der Waals surface area contributed by atoms with Crippen LogP contribution in [0.4, 0.5) is 0 Å². The second-order valence-electron chi connectivity index (χ2n) is 7.28. The van der Waals surface area contributed by atoms with E-state index in [2.05, 4.69) is 29.0 Å². The first kappa shape index (κ1) is 12.9. The molecule has 104 valence electrons. The van der Waals surface area contributed by atoms with Crippen LogP contribution in [0.1, 0.15) is 39.5 Å². The number of hydrogen-bond donors (Lipinski definition) is 1. The van der Waals surface area contributed by atoms with E-state index in [0.717, 1.165) is 12.1 Å². The molecule has 3 rings (SSSR count). The van der Waals surface area contributed by atoms with Crippen molar-refractivity contribution in [3.05, 3.63) is 0 Å². The van der Waals surface area contributed by atoms with Gasteiger partial charge >= 0.3 is 0 Å². The first-order valence-corrected chi connectivity index (χ1v) is 7.83. The largest absolute Gasteiger partial charge is 0.314 e. The molecule has 3 aliphatic rings. The monoisotopic (exact) mass is 251 g/mol. The number of piperazine rings is 1. The van der Waals surface area contributed by atoms with Gasteiger partial charge in [-0.2, -0.15) is 0 Å². The zero-order valence-corrected chi connectivity index (χ0v) is 12.1. The van der Waals surface area contributed by atoms with Gasteiger partial charge in [-0.25, -0.2) is 0 Å². The number of nitrogens with zero attached hydrogens (tertiary/aromatic N) is 2. The van der Waals surface area contributed by atoms with Gasteiger partial charge in [0.2, 0.25) is 0 Å². The summed E-state index contributed by atoms with van der Waals surface area (Å²) >= 11 is 0. The highest BCUT2D eigenvalue weighted by atomic mass is 15.3. The van der Waals surface area contributed by atoms with E-state index in [0.29, 0.717) is 5.41 Å². The Morgan fingerprint density at radius 3 is 1.78 bits per heavy atom. The van der Waals surface area contributed by atoms with Crippen LogP contribution >= 0.6 is 0 Å². The van der Waals surface area contributed by atoms with Crippen molar-refractivity contribution in [1.29, 1.82) is 0 Å². The molecule has 0 unspecified atom stereocenters. The van der Waals surface area contributed by atoms with E-state index in [4.69, 9.17) is 0 Å². The minimum atomic E-state index is 0.607. The summed E-state index contributed by atoms with van der Waals surface area (Å²) in [5.74, 6) is 0. The molecule has 0 radical (unpaired) electrons. The molecule has 2 heterocycles. The summed E-state index contributed by atoms with van der Waals surface area (Å²) in [7, 11) is 0. The van der Waals surface area contributed by atoms with Crippen LogP contribution in [0.3, 0.4) is 0 Å². The molecule has 0 amide bonds. The molecule has 2 saturated heterocycles. The summed E-state index contributed by atoms with van der Waals surface area (Å²) in [6.45, 7) is 12.5. The van der Waals surface area contributed by atoms with Gasteiger partial charge in [-0.15, -0.1) is 0 Å². The molecule has 0 atom stereocenters. The lowest BCUT2D eigenvalue weighted by Crippen LogP contribution is -2.62. The van der Waals surface area contributed by atoms with E-state index >= 15 is 0 Å². The van der Waals surface area contributed by atoms with Crippen LogP contribution in [0.15, 0.2) is 0 Å². The van der Waals surface area contributed by atoms with Crippen molar-refractivity contribution in [2.45, 2.75) is 51.6 Å². The molecule has 3 fully saturated rings. The maximum Gasteiger partial charge on any atom is 0.0346 e. The van der Waals surface area contributed by atoms with E-state index < -0.39 is 0 Å². The van der Waals surface area contributed by atoms with Crippen molar-refractivity contribution in [2.24, 2.45) is 5.41 Å². The molecule has 3 heteroatoms. The molecule has 2 aliphatic heterocycles. The first-order chi connectivity index (χ1) is 8.64. The quantitative estimate of drug-likeness (QED) is 0.803. The molecular formula is C15H29N3. The second-order valence-corrected chi connectivity index (χ2v) is 7.28. The maximum absolute atomic E-state index is 3.39. The Kier molecular flexibility index (Phi) is 3.65. The van der Waals surface area contributed by atoms with Gasteiger partial charge in [0.1, 0.15) is 0 Å². The van der Waals surface area contributed by atoms with Crippen molar-refractivity contribution in [1.82, 2.24) is 15.1 Å². The predicted octanol–water partition coefficient (Wildman–Crippen LogP) is 1.54. The first-order valence-electron chi connectivity index (χ1n) is 7.83. The van der Waals surface area contributed by atoms with E-state index in [1.807, 2.05) is 0 Å². The number of rotatable bonds is 2. The third kappa shape index (κ3) is 2.73. The zero-order chi connectivity index (χ0) is 12.6. The van der Waals surface area contributed by atoms with Gasteiger partial charge in [-0.3, -0.25) is 9.80 Å². The van der Waals surface area contributed by atoms with Crippen molar-refractivity contribution in [2.75, 3.05) is 39.3 Å². The van der Waals surface area contributed by atoms with E-state index in [1.165, 1.54) is 65.0 Å². The highest BCUT2D eigenvalue weighted by molar-refractivity contribution is 4.90. The summed E-state index contributed by atoms with van der Waals surface area (Å²) in [5.41, 5.74) is 0.607. The van der Waals surface area contributed by atoms with Crippen LogP contribution < -0.4 is 5.32 Å². The SMILES string of the molecule is CC1(C)CCC(N2CCN(C3CNC3)CC2)CC1. The summed E-state index contributed by atoms with van der Waals surface area (Å²) in [6.07, 6.45) is 5.70. The minimum Gasteiger partial charge on any atom is -0.314 e. The summed E-state index contributed by atoms with van der Waals surface area (Å²) in [5, 5.41) is 3.39. The van der Waals surface area contributed by atoms with E-state index in [9.17, 15) is 0 Å². The number of hydrogen-bond acceptors (Lipinski definition) is 3. The average molecular weight is 251 g/mol. The van der Waals surface area contributed by atoms with Crippen molar-refractivity contribution < 1.29 is 0 Å². The normalized spacial score (nSPS) is 32.3. The fourth-order valence-electron chi connectivity index (χ4n) is 3.75. The molecule has 3 nitrogen and oxygen atoms in total. The molecule has 1 N–H and O–H groups in total. The lowest BCUT2D eigenvalue weighted by molar-refractivity contribution is 0.0300. The van der Waals surface area contributed by atoms with Crippen molar-refractivity contribution >= 4 is 0 Å². The Balaban J connectivity index is 1.45. The van der Waals surface area contributed by atoms with Crippen LogP contribution in [-0.2, 0) is 0 Å². The molecule has 0 aromatic rings. The molecule has 0 aromatic carbocycles. The standard InChI is InChI=1S/C15H29N3/c1-15(2)5-3-13(4-6-15)17-7-9-18(10-8-17)14-11-16-12-14/h13-14,16H,3-12H2,1-2H3. The van der Waals surface area contributed by atoms with Gasteiger partial charge in [0.15, 0.2) is 0 Å². The number of nitrogens with one attached hydrogen (secondary N) is 1. The molecular weight excluding hydrogens is 222 g/mol. The zero-order valence-electron chi connectivity index (χ0n) is 12.1. The third-order valence-electron chi connectivity index (χ3n) is 5.45. The molecule has 18 heavy (non-hydrogen) atoms. The summed E-state index contributed by atoms with van der Waals surface area (Å²) < 4.78 is 0. The highest BCUT2D eigenvalue weighted by Crippen LogP contribution is 2.37. The fraction of sp³-hybridized carbons (Fsp3) is 1.00. The van der Waals surface area contributed by atoms with E-state index in [-0.39, 0.29) is 0 Å². The topological polar surface area (TPSA) is 18.5 Å². The average Bonchev–Trinajstić information content (AvgIpc) is 2.28. The van der Waals surface area contributed by atoms with Crippen LogP contribution in [0.2, 0.25) is 0 Å². The molecule has 0 spiro atoms. The van der Waals surface area contributed by atoms with Crippen LogP contribution in [-0.4, -0.2) is 61.2 Å². The lowest BCUT2D eigenvalue weighted by atomic mass is 9.75. The Morgan fingerprint density at radius 2 is 1.33 bits per heavy atom. The van der Waals surface area contributed by atoms with Gasteiger partial charge in [0, 0.05) is 51.4 Å². The predicted molar refractivity (Wildman–Crippen MR) is 75.8 cm³/mol. The Bertz CT molecular complexity index is 267. The Hall–Kier alpha value is -0.120. The highest BCUT2D eigenvalue weighted by Gasteiger charge is 2.33. The fourth-order valence-corrected chi connectivity index (χ4v) is 3.75. The maximum atomic E-state index is 3.39. The lowest BCUT2D eigenvalue weighted by Gasteiger charge is -2.47. The molecule has 0 aromatic heterocycles.